The minimum atomic E-state index is -0.622. The Labute approximate surface area is 115 Å². The van der Waals surface area contributed by atoms with Crippen LogP contribution >= 0.6 is 0 Å². The van der Waals surface area contributed by atoms with E-state index in [0.717, 1.165) is 6.07 Å². The lowest BCUT2D eigenvalue weighted by Gasteiger charge is -2.13. The molecular weight excluding hydrogens is 266 g/mol. The number of methoxy groups -OCH3 is 2. The van der Waals surface area contributed by atoms with Crippen LogP contribution in [0.1, 0.15) is 23.4 Å². The maximum Gasteiger partial charge on any atom is 0.200 e. The first-order valence-corrected chi connectivity index (χ1v) is 5.94. The molecule has 1 aromatic carbocycles. The van der Waals surface area contributed by atoms with E-state index in [1.807, 2.05) is 0 Å². The quantitative estimate of drug-likeness (QED) is 0.790. The summed E-state index contributed by atoms with van der Waals surface area (Å²) in [5.74, 6) is -0.808. The Hall–Kier alpha value is -1.92. The van der Waals surface area contributed by atoms with E-state index in [0.29, 0.717) is 17.1 Å². The van der Waals surface area contributed by atoms with E-state index in [1.54, 1.807) is 12.3 Å². The van der Waals surface area contributed by atoms with E-state index in [9.17, 15) is 8.78 Å². The van der Waals surface area contributed by atoms with E-state index in [2.05, 4.69) is 9.97 Å². The molecule has 4 nitrogen and oxygen atoms in total. The molecule has 1 aromatic heterocycles. The highest BCUT2D eigenvalue weighted by Gasteiger charge is 2.12. The third kappa shape index (κ3) is 3.55. The first kappa shape index (κ1) is 14.5. The normalized spacial score (nSPS) is 11.1. The van der Waals surface area contributed by atoms with Gasteiger partial charge < -0.3 is 9.47 Å². The van der Waals surface area contributed by atoms with Gasteiger partial charge in [-0.15, -0.1) is 0 Å². The van der Waals surface area contributed by atoms with Crippen molar-refractivity contribution in [3.05, 3.63) is 59.2 Å². The predicted molar refractivity (Wildman–Crippen MR) is 68.0 cm³/mol. The van der Waals surface area contributed by atoms with Gasteiger partial charge in [-0.3, -0.25) is 0 Å². The summed E-state index contributed by atoms with van der Waals surface area (Å²) in [5, 5.41) is 0. The van der Waals surface area contributed by atoms with Crippen LogP contribution in [0.25, 0.3) is 0 Å². The number of hydrogen-bond acceptors (Lipinski definition) is 4. The number of hydrogen-bond donors (Lipinski definition) is 0. The molecule has 2 rings (SSSR count). The zero-order chi connectivity index (χ0) is 14.5. The highest BCUT2D eigenvalue weighted by atomic mass is 19.1. The van der Waals surface area contributed by atoms with Gasteiger partial charge in [0, 0.05) is 32.9 Å². The predicted octanol–water partition coefficient (Wildman–Crippen LogP) is 2.64. The third-order valence-corrected chi connectivity index (χ3v) is 2.68. The summed E-state index contributed by atoms with van der Waals surface area (Å²) in [6.45, 7) is 0. The highest BCUT2D eigenvalue weighted by molar-refractivity contribution is 5.21. The van der Waals surface area contributed by atoms with Crippen LogP contribution in [-0.2, 0) is 15.9 Å². The fourth-order valence-corrected chi connectivity index (χ4v) is 1.86. The lowest BCUT2D eigenvalue weighted by atomic mass is 10.1. The van der Waals surface area contributed by atoms with Gasteiger partial charge in [0.15, 0.2) is 0 Å². The van der Waals surface area contributed by atoms with Crippen molar-refractivity contribution in [2.75, 3.05) is 14.2 Å². The number of rotatable bonds is 5. The van der Waals surface area contributed by atoms with Crippen LogP contribution in [0.3, 0.4) is 0 Å². The standard InChI is InChI=1S/C14H14F2N2O2/c1-19-14(20-2)12-3-4-17-13(18-12)7-9-5-10(15)8-11(16)6-9/h3-6,8,14H,7H2,1-2H3. The van der Waals surface area contributed by atoms with Gasteiger partial charge in [-0.2, -0.15) is 0 Å². The molecule has 0 aliphatic heterocycles. The van der Waals surface area contributed by atoms with Crippen molar-refractivity contribution < 1.29 is 18.3 Å². The van der Waals surface area contributed by atoms with Crippen molar-refractivity contribution in [3.8, 4) is 0 Å². The lowest BCUT2D eigenvalue weighted by Crippen LogP contribution is -2.08. The van der Waals surface area contributed by atoms with E-state index < -0.39 is 17.9 Å². The second-order valence-corrected chi connectivity index (χ2v) is 4.16. The van der Waals surface area contributed by atoms with Crippen LogP contribution in [-0.4, -0.2) is 24.2 Å². The molecule has 0 unspecified atom stereocenters. The summed E-state index contributed by atoms with van der Waals surface area (Å²) in [5.41, 5.74) is 1.02. The Morgan fingerprint density at radius 1 is 1.10 bits per heavy atom. The molecule has 0 spiro atoms. The first-order chi connectivity index (χ1) is 9.62. The summed E-state index contributed by atoms with van der Waals surface area (Å²) < 4.78 is 36.4. The van der Waals surface area contributed by atoms with Crippen molar-refractivity contribution in [3.63, 3.8) is 0 Å². The van der Waals surface area contributed by atoms with Crippen LogP contribution in [0.5, 0.6) is 0 Å². The zero-order valence-electron chi connectivity index (χ0n) is 11.1. The number of halogens is 2. The topological polar surface area (TPSA) is 44.2 Å². The molecule has 2 aromatic rings. The smallest absolute Gasteiger partial charge is 0.200 e. The molecule has 20 heavy (non-hydrogen) atoms. The molecule has 0 fully saturated rings. The number of nitrogens with zero attached hydrogens (tertiary/aromatic N) is 2. The Morgan fingerprint density at radius 3 is 2.35 bits per heavy atom. The van der Waals surface area contributed by atoms with Crippen LogP contribution < -0.4 is 0 Å². The molecule has 0 aliphatic carbocycles. The van der Waals surface area contributed by atoms with Crippen molar-refractivity contribution >= 4 is 0 Å². The average molecular weight is 280 g/mol. The van der Waals surface area contributed by atoms with Gasteiger partial charge in [0.05, 0.1) is 5.69 Å². The zero-order valence-corrected chi connectivity index (χ0v) is 11.1. The minimum Gasteiger partial charge on any atom is -0.350 e. The van der Waals surface area contributed by atoms with Crippen molar-refractivity contribution in [1.82, 2.24) is 9.97 Å². The third-order valence-electron chi connectivity index (χ3n) is 2.68. The summed E-state index contributed by atoms with van der Waals surface area (Å²) in [6, 6.07) is 4.99. The summed E-state index contributed by atoms with van der Waals surface area (Å²) in [4.78, 5) is 8.34. The Morgan fingerprint density at radius 2 is 1.75 bits per heavy atom. The average Bonchev–Trinajstić information content (AvgIpc) is 2.39. The molecule has 0 saturated carbocycles. The fourth-order valence-electron chi connectivity index (χ4n) is 1.86. The second kappa shape index (κ2) is 6.49. The van der Waals surface area contributed by atoms with Crippen LogP contribution in [0.4, 0.5) is 8.78 Å². The Balaban J connectivity index is 2.23. The Kier molecular flexibility index (Phi) is 4.70. The monoisotopic (exact) mass is 280 g/mol. The van der Waals surface area contributed by atoms with E-state index in [4.69, 9.17) is 9.47 Å². The minimum absolute atomic E-state index is 0.225. The van der Waals surface area contributed by atoms with Crippen LogP contribution in [0.15, 0.2) is 30.5 Å². The molecule has 6 heteroatoms. The maximum atomic E-state index is 13.1. The molecule has 0 radical (unpaired) electrons. The van der Waals surface area contributed by atoms with Gasteiger partial charge in [0.1, 0.15) is 17.5 Å². The molecular formula is C14H14F2N2O2. The molecule has 0 N–H and O–H groups in total. The molecule has 0 amide bonds. The second-order valence-electron chi connectivity index (χ2n) is 4.16. The van der Waals surface area contributed by atoms with E-state index >= 15 is 0 Å². The number of benzene rings is 1. The summed E-state index contributed by atoms with van der Waals surface area (Å²) >= 11 is 0. The van der Waals surface area contributed by atoms with Crippen LogP contribution in [0, 0.1) is 11.6 Å². The Bertz CT molecular complexity index is 569. The molecule has 0 saturated heterocycles. The first-order valence-electron chi connectivity index (χ1n) is 5.94. The maximum absolute atomic E-state index is 13.1. The van der Waals surface area contributed by atoms with E-state index in [-0.39, 0.29) is 6.42 Å². The molecule has 0 atom stereocenters. The van der Waals surface area contributed by atoms with Gasteiger partial charge in [-0.1, -0.05) is 0 Å². The van der Waals surface area contributed by atoms with Gasteiger partial charge in [0.2, 0.25) is 6.29 Å². The van der Waals surface area contributed by atoms with Crippen molar-refractivity contribution in [2.24, 2.45) is 0 Å². The van der Waals surface area contributed by atoms with Crippen LogP contribution in [0.2, 0.25) is 0 Å². The SMILES string of the molecule is COC(OC)c1ccnc(Cc2cc(F)cc(F)c2)n1. The molecule has 0 bridgehead atoms. The van der Waals surface area contributed by atoms with Crippen molar-refractivity contribution in [2.45, 2.75) is 12.7 Å². The van der Waals surface area contributed by atoms with E-state index in [1.165, 1.54) is 26.4 Å². The summed E-state index contributed by atoms with van der Waals surface area (Å²) in [6.07, 6.45) is 1.18. The number of aromatic nitrogens is 2. The fraction of sp³-hybridized carbons (Fsp3) is 0.286. The molecule has 1 heterocycles. The lowest BCUT2D eigenvalue weighted by molar-refractivity contribution is -0.108. The van der Waals surface area contributed by atoms with Gasteiger partial charge in [0.25, 0.3) is 0 Å². The van der Waals surface area contributed by atoms with Crippen molar-refractivity contribution in [1.29, 1.82) is 0 Å². The van der Waals surface area contributed by atoms with Gasteiger partial charge in [-0.05, 0) is 23.8 Å². The van der Waals surface area contributed by atoms with Gasteiger partial charge in [-0.25, -0.2) is 18.7 Å². The highest BCUT2D eigenvalue weighted by Crippen LogP contribution is 2.16. The number of ether oxygens (including phenoxy) is 2. The molecule has 0 aliphatic rings. The largest absolute Gasteiger partial charge is 0.350 e. The molecule has 106 valence electrons. The van der Waals surface area contributed by atoms with Gasteiger partial charge >= 0.3 is 0 Å². The summed E-state index contributed by atoms with van der Waals surface area (Å²) in [7, 11) is 3.00.